The number of nitrogens with two attached hydrogens (primary N) is 1. The third-order valence-electron chi connectivity index (χ3n) is 2.76. The molecule has 2 aromatic rings. The molecule has 0 aliphatic rings. The van der Waals surface area contributed by atoms with Gasteiger partial charge in [0.2, 0.25) is 11.6 Å². The van der Waals surface area contributed by atoms with Crippen molar-refractivity contribution in [1.82, 2.24) is 9.78 Å². The number of carboxylic acid groups (broad SMARTS) is 1. The minimum atomic E-state index is -1.50. The normalized spacial score (nSPS) is 10.3. The molecule has 2 rings (SSSR count). The highest BCUT2D eigenvalue weighted by Gasteiger charge is 2.25. The minimum Gasteiger partial charge on any atom is -0.476 e. The van der Waals surface area contributed by atoms with E-state index in [1.807, 2.05) is 0 Å². The van der Waals surface area contributed by atoms with Crippen LogP contribution >= 0.6 is 0 Å². The number of hydrogen-bond donors (Lipinski definition) is 2. The van der Waals surface area contributed by atoms with E-state index in [-0.39, 0.29) is 12.1 Å². The number of rotatable bonds is 5. The van der Waals surface area contributed by atoms with Gasteiger partial charge >= 0.3 is 11.7 Å². The summed E-state index contributed by atoms with van der Waals surface area (Å²) in [6.07, 6.45) is 1.00. The summed E-state index contributed by atoms with van der Waals surface area (Å²) >= 11 is 0. The number of carbonyl (C=O) groups is 2. The molecule has 9 heteroatoms. The van der Waals surface area contributed by atoms with Crippen molar-refractivity contribution in [2.75, 3.05) is 0 Å². The number of aromatic nitrogens is 2. The Labute approximate surface area is 117 Å². The van der Waals surface area contributed by atoms with Crippen molar-refractivity contribution in [2.45, 2.75) is 6.54 Å². The molecule has 0 saturated heterocycles. The number of hydrogen-bond acceptors (Lipinski definition) is 5. The molecule has 0 aliphatic heterocycles. The van der Waals surface area contributed by atoms with E-state index in [4.69, 9.17) is 10.8 Å². The molecule has 1 heterocycles. The van der Waals surface area contributed by atoms with E-state index < -0.39 is 28.2 Å². The van der Waals surface area contributed by atoms with Gasteiger partial charge in [-0.3, -0.25) is 19.6 Å². The van der Waals surface area contributed by atoms with Crippen LogP contribution in [0.1, 0.15) is 26.4 Å². The lowest BCUT2D eigenvalue weighted by atomic mass is 10.1. The van der Waals surface area contributed by atoms with Crippen molar-refractivity contribution in [3.8, 4) is 0 Å². The number of nitrogens with zero attached hydrogens (tertiary/aromatic N) is 3. The topological polar surface area (TPSA) is 141 Å². The van der Waals surface area contributed by atoms with E-state index >= 15 is 0 Å². The number of carbonyl (C=O) groups excluding carboxylic acids is 1. The molecule has 0 saturated carbocycles. The van der Waals surface area contributed by atoms with Crippen LogP contribution in [0.4, 0.5) is 5.69 Å². The Morgan fingerprint density at radius 2 is 2.05 bits per heavy atom. The SMILES string of the molecule is NC(=O)c1ccccc1Cn1cc([N+](=O)[O-])c(C(=O)O)n1. The molecule has 108 valence electrons. The maximum atomic E-state index is 11.3. The average molecular weight is 290 g/mol. The van der Waals surface area contributed by atoms with Crippen LogP contribution in [-0.2, 0) is 6.54 Å². The van der Waals surface area contributed by atoms with Crippen LogP contribution in [0.3, 0.4) is 0 Å². The molecule has 0 unspecified atom stereocenters. The van der Waals surface area contributed by atoms with E-state index in [2.05, 4.69) is 5.10 Å². The lowest BCUT2D eigenvalue weighted by molar-refractivity contribution is -0.385. The molecule has 3 N–H and O–H groups in total. The lowest BCUT2D eigenvalue weighted by Crippen LogP contribution is -2.15. The maximum Gasteiger partial charge on any atom is 0.363 e. The Morgan fingerprint density at radius 1 is 1.38 bits per heavy atom. The Bertz CT molecular complexity index is 705. The molecule has 0 spiro atoms. The number of benzene rings is 1. The number of primary amides is 1. The zero-order valence-corrected chi connectivity index (χ0v) is 10.6. The Balaban J connectivity index is 2.41. The summed E-state index contributed by atoms with van der Waals surface area (Å²) in [5.74, 6) is -2.14. The molecule has 1 aromatic heterocycles. The van der Waals surface area contributed by atoms with Gasteiger partial charge in [0.1, 0.15) is 6.20 Å². The van der Waals surface area contributed by atoms with Gasteiger partial charge in [-0.05, 0) is 11.6 Å². The highest BCUT2D eigenvalue weighted by molar-refractivity contribution is 5.94. The Hall–Kier alpha value is -3.23. The molecule has 0 bridgehead atoms. The second-order valence-corrected chi connectivity index (χ2v) is 4.14. The summed E-state index contributed by atoms with van der Waals surface area (Å²) < 4.78 is 1.09. The molecular weight excluding hydrogens is 280 g/mol. The number of carboxylic acids is 1. The van der Waals surface area contributed by atoms with Gasteiger partial charge in [-0.15, -0.1) is 0 Å². The van der Waals surface area contributed by atoms with Gasteiger partial charge in [-0.2, -0.15) is 5.10 Å². The number of nitro groups is 1. The van der Waals surface area contributed by atoms with Crippen molar-refractivity contribution in [1.29, 1.82) is 0 Å². The van der Waals surface area contributed by atoms with E-state index in [1.54, 1.807) is 18.2 Å². The molecule has 0 fully saturated rings. The van der Waals surface area contributed by atoms with Crippen LogP contribution in [0.25, 0.3) is 0 Å². The molecule has 1 aromatic carbocycles. The summed E-state index contributed by atoms with van der Waals surface area (Å²) in [5, 5.41) is 23.3. The summed E-state index contributed by atoms with van der Waals surface area (Å²) in [7, 11) is 0. The lowest BCUT2D eigenvalue weighted by Gasteiger charge is -2.05. The molecule has 0 atom stereocenters. The third kappa shape index (κ3) is 2.86. The third-order valence-corrected chi connectivity index (χ3v) is 2.76. The van der Waals surface area contributed by atoms with Crippen LogP contribution in [0.5, 0.6) is 0 Å². The molecule has 21 heavy (non-hydrogen) atoms. The minimum absolute atomic E-state index is 0.00671. The quantitative estimate of drug-likeness (QED) is 0.611. The largest absolute Gasteiger partial charge is 0.476 e. The second kappa shape index (κ2) is 5.41. The molecule has 9 nitrogen and oxygen atoms in total. The number of amides is 1. The van der Waals surface area contributed by atoms with Gasteiger partial charge in [0.15, 0.2) is 0 Å². The van der Waals surface area contributed by atoms with Gasteiger partial charge < -0.3 is 10.8 Å². The van der Waals surface area contributed by atoms with E-state index in [0.717, 1.165) is 10.9 Å². The monoisotopic (exact) mass is 290 g/mol. The smallest absolute Gasteiger partial charge is 0.363 e. The molecule has 0 aliphatic carbocycles. The summed E-state index contributed by atoms with van der Waals surface area (Å²) in [6.45, 7) is -0.00671. The van der Waals surface area contributed by atoms with Crippen LogP contribution in [0.2, 0.25) is 0 Å². The summed E-state index contributed by atoms with van der Waals surface area (Å²) in [5.41, 5.74) is 4.69. The Kier molecular flexibility index (Phi) is 3.65. The standard InChI is InChI=1S/C12H10N4O5/c13-11(17)8-4-2-1-3-7(8)5-15-6-9(16(20)21)10(14-15)12(18)19/h1-4,6H,5H2,(H2,13,17)(H,18,19). The molecule has 0 radical (unpaired) electrons. The van der Waals surface area contributed by atoms with E-state index in [0.29, 0.717) is 5.56 Å². The van der Waals surface area contributed by atoms with E-state index in [1.165, 1.54) is 6.07 Å². The fourth-order valence-electron chi connectivity index (χ4n) is 1.85. The highest BCUT2D eigenvalue weighted by Crippen LogP contribution is 2.18. The van der Waals surface area contributed by atoms with Crippen molar-refractivity contribution >= 4 is 17.6 Å². The van der Waals surface area contributed by atoms with Crippen LogP contribution in [-0.4, -0.2) is 31.7 Å². The van der Waals surface area contributed by atoms with Crippen molar-refractivity contribution in [3.05, 3.63) is 57.4 Å². The van der Waals surface area contributed by atoms with Crippen LogP contribution in [0, 0.1) is 10.1 Å². The van der Waals surface area contributed by atoms with Gasteiger partial charge in [-0.25, -0.2) is 4.79 Å². The Morgan fingerprint density at radius 3 is 2.57 bits per heavy atom. The first-order valence-electron chi connectivity index (χ1n) is 5.73. The first kappa shape index (κ1) is 14.2. The maximum absolute atomic E-state index is 11.3. The van der Waals surface area contributed by atoms with Crippen molar-refractivity contribution < 1.29 is 19.6 Å². The van der Waals surface area contributed by atoms with E-state index in [9.17, 15) is 19.7 Å². The summed E-state index contributed by atoms with van der Waals surface area (Å²) in [6, 6.07) is 6.40. The fourth-order valence-corrected chi connectivity index (χ4v) is 1.85. The predicted octanol–water partition coefficient (Wildman–Crippen LogP) is 0.637. The van der Waals surface area contributed by atoms with Gasteiger partial charge in [-0.1, -0.05) is 18.2 Å². The second-order valence-electron chi connectivity index (χ2n) is 4.14. The van der Waals surface area contributed by atoms with Crippen LogP contribution in [0.15, 0.2) is 30.5 Å². The number of aromatic carboxylic acids is 1. The summed E-state index contributed by atoms with van der Waals surface area (Å²) in [4.78, 5) is 32.2. The van der Waals surface area contributed by atoms with Gasteiger partial charge in [0.25, 0.3) is 0 Å². The first-order chi connectivity index (χ1) is 9.90. The highest BCUT2D eigenvalue weighted by atomic mass is 16.6. The predicted molar refractivity (Wildman–Crippen MR) is 69.9 cm³/mol. The molecular formula is C12H10N4O5. The zero-order chi connectivity index (χ0) is 15.6. The fraction of sp³-hybridized carbons (Fsp3) is 0.0833. The average Bonchev–Trinajstić information content (AvgIpc) is 2.83. The zero-order valence-electron chi connectivity index (χ0n) is 10.6. The van der Waals surface area contributed by atoms with Gasteiger partial charge in [0, 0.05) is 5.56 Å². The molecule has 1 amide bonds. The van der Waals surface area contributed by atoms with Crippen molar-refractivity contribution in [2.24, 2.45) is 5.73 Å². The van der Waals surface area contributed by atoms with Crippen LogP contribution < -0.4 is 5.73 Å². The first-order valence-corrected chi connectivity index (χ1v) is 5.73. The van der Waals surface area contributed by atoms with Gasteiger partial charge in [0.05, 0.1) is 11.5 Å². The van der Waals surface area contributed by atoms with Crippen molar-refractivity contribution in [3.63, 3.8) is 0 Å².